The van der Waals surface area contributed by atoms with Crippen molar-refractivity contribution < 1.29 is 9.53 Å². The van der Waals surface area contributed by atoms with Crippen LogP contribution in [0.5, 0.6) is 5.75 Å². The van der Waals surface area contributed by atoms with Crippen molar-refractivity contribution in [3.05, 3.63) is 60.2 Å². The zero-order valence-corrected chi connectivity index (χ0v) is 15.9. The fourth-order valence-electron chi connectivity index (χ4n) is 3.84. The van der Waals surface area contributed by atoms with E-state index in [0.717, 1.165) is 47.4 Å². The molecule has 0 saturated carbocycles. The summed E-state index contributed by atoms with van der Waals surface area (Å²) in [6, 6.07) is 17.8. The van der Waals surface area contributed by atoms with E-state index in [2.05, 4.69) is 4.90 Å². The standard InChI is InChI=1S/C23H25N3O2/c24-21(27)16-19-18-10-4-5-11-20(18)25-22(17-8-2-1-3-9-17)23(19)28-15-14-26-12-6-7-13-26/h1-5,8-11H,6-7,12-16H2,(H2,24,27). The van der Waals surface area contributed by atoms with E-state index in [1.165, 1.54) is 12.8 Å². The Balaban J connectivity index is 1.78. The largest absolute Gasteiger partial charge is 0.490 e. The highest BCUT2D eigenvalue weighted by atomic mass is 16.5. The first-order valence-electron chi connectivity index (χ1n) is 9.83. The molecule has 4 rings (SSSR count). The molecular weight excluding hydrogens is 350 g/mol. The van der Waals surface area contributed by atoms with Crippen LogP contribution in [-0.2, 0) is 11.2 Å². The number of likely N-dealkylation sites (tertiary alicyclic amines) is 1. The summed E-state index contributed by atoms with van der Waals surface area (Å²) in [5.74, 6) is 0.294. The first-order valence-corrected chi connectivity index (χ1v) is 9.83. The number of carbonyl (C=O) groups is 1. The third kappa shape index (κ3) is 3.99. The Bertz CT molecular complexity index is 966. The van der Waals surface area contributed by atoms with E-state index in [0.29, 0.717) is 12.4 Å². The second-order valence-electron chi connectivity index (χ2n) is 7.19. The smallest absolute Gasteiger partial charge is 0.222 e. The van der Waals surface area contributed by atoms with Crippen molar-refractivity contribution in [2.75, 3.05) is 26.2 Å². The Labute approximate surface area is 165 Å². The van der Waals surface area contributed by atoms with Crippen molar-refractivity contribution in [3.8, 4) is 17.0 Å². The lowest BCUT2D eigenvalue weighted by Crippen LogP contribution is -2.25. The molecule has 1 fully saturated rings. The van der Waals surface area contributed by atoms with Gasteiger partial charge >= 0.3 is 0 Å². The minimum atomic E-state index is -0.375. The van der Waals surface area contributed by atoms with Gasteiger partial charge in [0.05, 0.1) is 11.9 Å². The molecule has 3 aromatic rings. The Morgan fingerprint density at radius 1 is 1.04 bits per heavy atom. The maximum atomic E-state index is 11.8. The molecule has 1 aliphatic heterocycles. The number of hydrogen-bond acceptors (Lipinski definition) is 4. The number of hydrogen-bond donors (Lipinski definition) is 1. The molecule has 2 N–H and O–H groups in total. The zero-order chi connectivity index (χ0) is 19.3. The van der Waals surface area contributed by atoms with Gasteiger partial charge in [-0.3, -0.25) is 9.69 Å². The minimum absolute atomic E-state index is 0.127. The van der Waals surface area contributed by atoms with Crippen LogP contribution in [0.3, 0.4) is 0 Å². The normalized spacial score (nSPS) is 14.4. The van der Waals surface area contributed by atoms with Gasteiger partial charge in [0.25, 0.3) is 0 Å². The van der Waals surface area contributed by atoms with Crippen LogP contribution >= 0.6 is 0 Å². The summed E-state index contributed by atoms with van der Waals surface area (Å²) in [4.78, 5) is 19.1. The number of fused-ring (bicyclic) bond motifs is 1. The SMILES string of the molecule is NC(=O)Cc1c(OCCN2CCCC2)c(-c2ccccc2)nc2ccccc12. The number of carbonyl (C=O) groups excluding carboxylic acids is 1. The Morgan fingerprint density at radius 2 is 1.75 bits per heavy atom. The van der Waals surface area contributed by atoms with Crippen LogP contribution in [-0.4, -0.2) is 42.0 Å². The second kappa shape index (κ2) is 8.40. The van der Waals surface area contributed by atoms with E-state index >= 15 is 0 Å². The number of ether oxygens (including phenoxy) is 1. The maximum Gasteiger partial charge on any atom is 0.222 e. The van der Waals surface area contributed by atoms with Crippen molar-refractivity contribution in [2.45, 2.75) is 19.3 Å². The molecule has 0 unspecified atom stereocenters. The molecule has 1 saturated heterocycles. The predicted octanol–water partition coefficient (Wildman–Crippen LogP) is 3.40. The van der Waals surface area contributed by atoms with Gasteiger partial charge in [0.15, 0.2) is 0 Å². The van der Waals surface area contributed by atoms with Crippen LogP contribution < -0.4 is 10.5 Å². The number of amides is 1. The highest BCUT2D eigenvalue weighted by Crippen LogP contribution is 2.36. The van der Waals surface area contributed by atoms with E-state index in [-0.39, 0.29) is 12.3 Å². The summed E-state index contributed by atoms with van der Waals surface area (Å²) in [6.07, 6.45) is 2.63. The van der Waals surface area contributed by atoms with E-state index < -0.39 is 0 Å². The van der Waals surface area contributed by atoms with Crippen LogP contribution in [0.25, 0.3) is 22.2 Å². The van der Waals surface area contributed by atoms with Crippen LogP contribution in [0, 0.1) is 0 Å². The summed E-state index contributed by atoms with van der Waals surface area (Å²) in [5.41, 5.74) is 8.96. The Kier molecular flexibility index (Phi) is 5.53. The van der Waals surface area contributed by atoms with E-state index in [9.17, 15) is 4.79 Å². The van der Waals surface area contributed by atoms with Gasteiger partial charge < -0.3 is 10.5 Å². The number of aromatic nitrogens is 1. The van der Waals surface area contributed by atoms with Gasteiger partial charge in [-0.25, -0.2) is 4.98 Å². The van der Waals surface area contributed by atoms with Gasteiger partial charge in [-0.2, -0.15) is 0 Å². The maximum absolute atomic E-state index is 11.8. The summed E-state index contributed by atoms with van der Waals surface area (Å²) in [5, 5.41) is 0.914. The number of para-hydroxylation sites is 1. The molecule has 0 atom stereocenters. The molecule has 5 nitrogen and oxygen atoms in total. The van der Waals surface area contributed by atoms with Crippen molar-refractivity contribution in [3.63, 3.8) is 0 Å². The van der Waals surface area contributed by atoms with Crippen LogP contribution in [0.1, 0.15) is 18.4 Å². The summed E-state index contributed by atoms with van der Waals surface area (Å²) >= 11 is 0. The predicted molar refractivity (Wildman–Crippen MR) is 111 cm³/mol. The van der Waals surface area contributed by atoms with Gasteiger partial charge in [-0.15, -0.1) is 0 Å². The molecular formula is C23H25N3O2. The van der Waals surface area contributed by atoms with E-state index in [4.69, 9.17) is 15.5 Å². The monoisotopic (exact) mass is 375 g/mol. The molecule has 1 amide bonds. The Morgan fingerprint density at radius 3 is 2.50 bits per heavy atom. The minimum Gasteiger partial charge on any atom is -0.490 e. The number of rotatable bonds is 7. The molecule has 144 valence electrons. The van der Waals surface area contributed by atoms with Crippen molar-refractivity contribution in [1.82, 2.24) is 9.88 Å². The first kappa shape index (κ1) is 18.4. The van der Waals surface area contributed by atoms with Crippen molar-refractivity contribution in [2.24, 2.45) is 5.73 Å². The van der Waals surface area contributed by atoms with Crippen LogP contribution in [0.4, 0.5) is 0 Å². The van der Waals surface area contributed by atoms with Crippen LogP contribution in [0.15, 0.2) is 54.6 Å². The molecule has 1 aliphatic rings. The quantitative estimate of drug-likeness (QED) is 0.687. The van der Waals surface area contributed by atoms with E-state index in [1.807, 2.05) is 54.6 Å². The van der Waals surface area contributed by atoms with Crippen LogP contribution in [0.2, 0.25) is 0 Å². The third-order valence-corrected chi connectivity index (χ3v) is 5.20. The fraction of sp³-hybridized carbons (Fsp3) is 0.304. The highest BCUT2D eigenvalue weighted by molar-refractivity contribution is 5.93. The number of nitrogens with zero attached hydrogens (tertiary/aromatic N) is 2. The molecule has 0 radical (unpaired) electrons. The molecule has 0 bridgehead atoms. The summed E-state index contributed by atoms with van der Waals surface area (Å²) in [7, 11) is 0. The Hall–Kier alpha value is -2.92. The summed E-state index contributed by atoms with van der Waals surface area (Å²) < 4.78 is 6.28. The topological polar surface area (TPSA) is 68.5 Å². The van der Waals surface area contributed by atoms with Gasteiger partial charge in [0.2, 0.25) is 5.91 Å². The van der Waals surface area contributed by atoms with Gasteiger partial charge in [-0.05, 0) is 32.0 Å². The van der Waals surface area contributed by atoms with E-state index in [1.54, 1.807) is 0 Å². The second-order valence-corrected chi connectivity index (χ2v) is 7.19. The third-order valence-electron chi connectivity index (χ3n) is 5.20. The first-order chi connectivity index (χ1) is 13.7. The van der Waals surface area contributed by atoms with Gasteiger partial charge in [0.1, 0.15) is 18.1 Å². The number of primary amides is 1. The zero-order valence-electron chi connectivity index (χ0n) is 15.9. The van der Waals surface area contributed by atoms with Crippen molar-refractivity contribution >= 4 is 16.8 Å². The molecule has 28 heavy (non-hydrogen) atoms. The van der Waals surface area contributed by atoms with Gasteiger partial charge in [0, 0.05) is 23.1 Å². The lowest BCUT2D eigenvalue weighted by molar-refractivity contribution is -0.117. The number of benzene rings is 2. The highest BCUT2D eigenvalue weighted by Gasteiger charge is 2.20. The number of pyridine rings is 1. The van der Waals surface area contributed by atoms with Gasteiger partial charge in [-0.1, -0.05) is 48.5 Å². The fourth-order valence-corrected chi connectivity index (χ4v) is 3.84. The number of nitrogens with two attached hydrogens (primary N) is 1. The molecule has 1 aromatic heterocycles. The molecule has 0 spiro atoms. The molecule has 5 heteroatoms. The average Bonchev–Trinajstić information content (AvgIpc) is 3.23. The average molecular weight is 375 g/mol. The molecule has 2 aromatic carbocycles. The molecule has 0 aliphatic carbocycles. The lowest BCUT2D eigenvalue weighted by atomic mass is 10.00. The van der Waals surface area contributed by atoms with Crippen molar-refractivity contribution in [1.29, 1.82) is 0 Å². The lowest BCUT2D eigenvalue weighted by Gasteiger charge is -2.20. The molecule has 2 heterocycles. The summed E-state index contributed by atoms with van der Waals surface area (Å²) in [6.45, 7) is 3.68.